The third kappa shape index (κ3) is 4.79. The molecule has 1 aliphatic rings. The van der Waals surface area contributed by atoms with E-state index in [1.54, 1.807) is 12.1 Å². The van der Waals surface area contributed by atoms with E-state index in [-0.39, 0.29) is 11.7 Å². The minimum absolute atomic E-state index is 0.0144. The fraction of sp³-hybridized carbons (Fsp3) is 0.533. The van der Waals surface area contributed by atoms with Crippen LogP contribution in [0.4, 0.5) is 14.5 Å². The third-order valence-corrected chi connectivity index (χ3v) is 3.56. The second kappa shape index (κ2) is 7.22. The van der Waals surface area contributed by atoms with Gasteiger partial charge in [-0.3, -0.25) is 4.79 Å². The van der Waals surface area contributed by atoms with Crippen molar-refractivity contribution in [3.8, 4) is 5.75 Å². The summed E-state index contributed by atoms with van der Waals surface area (Å²) in [6, 6.07) is 5.97. The van der Waals surface area contributed by atoms with Gasteiger partial charge >= 0.3 is 6.61 Å². The second-order valence-electron chi connectivity index (χ2n) is 5.16. The SMILES string of the molecule is O=C(CC1CCCCC1)Nc1ccc(OC(F)F)cc1. The summed E-state index contributed by atoms with van der Waals surface area (Å²) < 4.78 is 28.2. The average Bonchev–Trinajstić information content (AvgIpc) is 2.41. The Morgan fingerprint density at radius 3 is 2.45 bits per heavy atom. The molecule has 0 aromatic heterocycles. The molecule has 1 aliphatic carbocycles. The summed E-state index contributed by atoms with van der Waals surface area (Å²) in [6.07, 6.45) is 6.46. The fourth-order valence-corrected chi connectivity index (χ4v) is 2.59. The molecule has 1 aromatic rings. The molecule has 0 saturated heterocycles. The molecule has 0 unspecified atom stereocenters. The van der Waals surface area contributed by atoms with Gasteiger partial charge < -0.3 is 10.1 Å². The summed E-state index contributed by atoms with van der Waals surface area (Å²) in [5, 5.41) is 2.79. The number of nitrogens with one attached hydrogen (secondary N) is 1. The molecule has 1 aromatic carbocycles. The van der Waals surface area contributed by atoms with Crippen LogP contribution in [0.25, 0.3) is 0 Å². The molecule has 0 heterocycles. The number of hydrogen-bond donors (Lipinski definition) is 1. The number of carbonyl (C=O) groups is 1. The minimum Gasteiger partial charge on any atom is -0.435 e. The van der Waals surface area contributed by atoms with E-state index in [9.17, 15) is 13.6 Å². The normalized spacial score (nSPS) is 16.1. The number of alkyl halides is 2. The maximum atomic E-state index is 12.0. The van der Waals surface area contributed by atoms with Gasteiger partial charge in [-0.25, -0.2) is 0 Å². The van der Waals surface area contributed by atoms with Gasteiger partial charge in [-0.15, -0.1) is 0 Å². The van der Waals surface area contributed by atoms with Gasteiger partial charge in [0, 0.05) is 12.1 Å². The molecule has 0 atom stereocenters. The van der Waals surface area contributed by atoms with Gasteiger partial charge in [0.05, 0.1) is 0 Å². The van der Waals surface area contributed by atoms with Crippen molar-refractivity contribution in [1.82, 2.24) is 0 Å². The summed E-state index contributed by atoms with van der Waals surface area (Å²) in [7, 11) is 0. The number of anilines is 1. The van der Waals surface area contributed by atoms with Crippen LogP contribution in [0.1, 0.15) is 38.5 Å². The lowest BCUT2D eigenvalue weighted by molar-refractivity contribution is -0.117. The molecule has 1 N–H and O–H groups in total. The third-order valence-electron chi connectivity index (χ3n) is 3.56. The lowest BCUT2D eigenvalue weighted by atomic mass is 9.87. The number of halogens is 2. The molecule has 2 rings (SSSR count). The zero-order valence-corrected chi connectivity index (χ0v) is 11.3. The predicted molar refractivity (Wildman–Crippen MR) is 72.9 cm³/mol. The predicted octanol–water partition coefficient (Wildman–Crippen LogP) is 4.20. The molecule has 0 spiro atoms. The van der Waals surface area contributed by atoms with Crippen LogP contribution < -0.4 is 10.1 Å². The van der Waals surface area contributed by atoms with E-state index in [2.05, 4.69) is 10.1 Å². The number of carbonyl (C=O) groups excluding carboxylic acids is 1. The number of benzene rings is 1. The number of hydrogen-bond acceptors (Lipinski definition) is 2. The van der Waals surface area contributed by atoms with Gasteiger partial charge in [0.25, 0.3) is 0 Å². The first-order chi connectivity index (χ1) is 9.63. The van der Waals surface area contributed by atoms with Crippen molar-refractivity contribution in [2.24, 2.45) is 5.92 Å². The summed E-state index contributed by atoms with van der Waals surface area (Å²) in [5.74, 6) is 0.551. The zero-order chi connectivity index (χ0) is 14.4. The lowest BCUT2D eigenvalue weighted by Gasteiger charge is -2.20. The van der Waals surface area contributed by atoms with Crippen molar-refractivity contribution < 1.29 is 18.3 Å². The monoisotopic (exact) mass is 283 g/mol. The Balaban J connectivity index is 1.81. The van der Waals surface area contributed by atoms with Crippen LogP contribution in [0, 0.1) is 5.92 Å². The highest BCUT2D eigenvalue weighted by Crippen LogP contribution is 2.26. The van der Waals surface area contributed by atoms with E-state index >= 15 is 0 Å². The molecular weight excluding hydrogens is 264 g/mol. The van der Waals surface area contributed by atoms with Gasteiger partial charge in [0.2, 0.25) is 5.91 Å². The smallest absolute Gasteiger partial charge is 0.387 e. The molecule has 110 valence electrons. The maximum absolute atomic E-state index is 12.0. The van der Waals surface area contributed by atoms with Crippen molar-refractivity contribution >= 4 is 11.6 Å². The van der Waals surface area contributed by atoms with Gasteiger partial charge in [0.1, 0.15) is 5.75 Å². The molecule has 0 aliphatic heterocycles. The summed E-state index contributed by atoms with van der Waals surface area (Å²) in [4.78, 5) is 11.9. The van der Waals surface area contributed by atoms with Crippen LogP contribution in [0.5, 0.6) is 5.75 Å². The van der Waals surface area contributed by atoms with E-state index < -0.39 is 6.61 Å². The lowest BCUT2D eigenvalue weighted by Crippen LogP contribution is -2.18. The van der Waals surface area contributed by atoms with Crippen molar-refractivity contribution in [3.63, 3.8) is 0 Å². The van der Waals surface area contributed by atoms with Gasteiger partial charge in [-0.1, -0.05) is 19.3 Å². The standard InChI is InChI=1S/C15H19F2NO2/c16-15(17)20-13-8-6-12(7-9-13)18-14(19)10-11-4-2-1-3-5-11/h6-9,11,15H,1-5,10H2,(H,18,19). The fourth-order valence-electron chi connectivity index (χ4n) is 2.59. The van der Waals surface area contributed by atoms with Crippen LogP contribution in [0.3, 0.4) is 0 Å². The number of ether oxygens (including phenoxy) is 1. The van der Waals surface area contributed by atoms with Gasteiger partial charge in [-0.2, -0.15) is 8.78 Å². The van der Waals surface area contributed by atoms with E-state index in [1.807, 2.05) is 0 Å². The largest absolute Gasteiger partial charge is 0.435 e. The number of amides is 1. The van der Waals surface area contributed by atoms with Crippen molar-refractivity contribution in [2.45, 2.75) is 45.1 Å². The highest BCUT2D eigenvalue weighted by Gasteiger charge is 2.17. The van der Waals surface area contributed by atoms with Gasteiger partial charge in [0.15, 0.2) is 0 Å². The molecule has 20 heavy (non-hydrogen) atoms. The summed E-state index contributed by atoms with van der Waals surface area (Å²) >= 11 is 0. The molecular formula is C15H19F2NO2. The van der Waals surface area contributed by atoms with Crippen molar-refractivity contribution in [3.05, 3.63) is 24.3 Å². The maximum Gasteiger partial charge on any atom is 0.387 e. The first-order valence-corrected chi connectivity index (χ1v) is 6.98. The first-order valence-electron chi connectivity index (χ1n) is 6.98. The Bertz CT molecular complexity index is 428. The molecule has 0 radical (unpaired) electrons. The van der Waals surface area contributed by atoms with Crippen LogP contribution in [-0.4, -0.2) is 12.5 Å². The highest BCUT2D eigenvalue weighted by atomic mass is 19.3. The Labute approximate surface area is 117 Å². The molecule has 5 heteroatoms. The summed E-state index contributed by atoms with van der Waals surface area (Å²) in [6.45, 7) is -2.83. The Kier molecular flexibility index (Phi) is 5.32. The van der Waals surface area contributed by atoms with Gasteiger partial charge in [-0.05, 0) is 43.0 Å². The minimum atomic E-state index is -2.83. The Morgan fingerprint density at radius 2 is 1.85 bits per heavy atom. The van der Waals surface area contributed by atoms with Crippen LogP contribution in [-0.2, 0) is 4.79 Å². The molecule has 1 fully saturated rings. The highest BCUT2D eigenvalue weighted by molar-refractivity contribution is 5.90. The van der Waals surface area contributed by atoms with Crippen molar-refractivity contribution in [2.75, 3.05) is 5.32 Å². The van der Waals surface area contributed by atoms with Crippen LogP contribution in [0.2, 0.25) is 0 Å². The number of rotatable bonds is 5. The van der Waals surface area contributed by atoms with E-state index in [0.717, 1.165) is 12.8 Å². The Hall–Kier alpha value is -1.65. The van der Waals surface area contributed by atoms with Crippen LogP contribution >= 0.6 is 0 Å². The van der Waals surface area contributed by atoms with Crippen LogP contribution in [0.15, 0.2) is 24.3 Å². The molecule has 1 saturated carbocycles. The van der Waals surface area contributed by atoms with E-state index in [4.69, 9.17) is 0 Å². The van der Waals surface area contributed by atoms with E-state index in [1.165, 1.54) is 31.4 Å². The summed E-state index contributed by atoms with van der Waals surface area (Å²) in [5.41, 5.74) is 0.604. The quantitative estimate of drug-likeness (QED) is 0.879. The average molecular weight is 283 g/mol. The Morgan fingerprint density at radius 1 is 1.20 bits per heavy atom. The topological polar surface area (TPSA) is 38.3 Å². The molecule has 1 amide bonds. The molecule has 3 nitrogen and oxygen atoms in total. The van der Waals surface area contributed by atoms with Crippen molar-refractivity contribution in [1.29, 1.82) is 0 Å². The zero-order valence-electron chi connectivity index (χ0n) is 11.3. The molecule has 0 bridgehead atoms. The van der Waals surface area contributed by atoms with E-state index in [0.29, 0.717) is 18.0 Å². The first kappa shape index (κ1) is 14.8. The second-order valence-corrected chi connectivity index (χ2v) is 5.16.